The standard InChI is InChI=1S/C21H27N2O/c1-15(2)13-22-10-3-4-19(14-22)23-11-9-18-12-17(16-5-6-16)7-8-20(18)21(23)24/h7-9,11-12,16,19H,3-6,10,13-14H2,1-2H3/t19-/m1/s1. The molecule has 1 atom stereocenters. The molecule has 2 fully saturated rings. The summed E-state index contributed by atoms with van der Waals surface area (Å²) in [7, 11) is 0. The summed E-state index contributed by atoms with van der Waals surface area (Å²) in [4.78, 5) is 15.5. The SMILES string of the molecule is C[C](C)CN1CCC[C@@H](n2ccc3cc(C4CC4)ccc3c2=O)C1. The van der Waals surface area contributed by atoms with E-state index in [0.717, 1.165) is 42.7 Å². The third kappa shape index (κ3) is 3.14. The van der Waals surface area contributed by atoms with Crippen molar-refractivity contribution in [2.24, 2.45) is 0 Å². The van der Waals surface area contributed by atoms with E-state index < -0.39 is 0 Å². The van der Waals surface area contributed by atoms with Crippen LogP contribution in [0.15, 0.2) is 35.3 Å². The lowest BCUT2D eigenvalue weighted by Gasteiger charge is -2.34. The highest BCUT2D eigenvalue weighted by Gasteiger charge is 2.25. The maximum Gasteiger partial charge on any atom is 0.258 e. The third-order valence-electron chi connectivity index (χ3n) is 5.42. The number of nitrogens with zero attached hydrogens (tertiary/aromatic N) is 2. The maximum atomic E-state index is 13.0. The Balaban J connectivity index is 1.63. The molecule has 3 heteroatoms. The van der Waals surface area contributed by atoms with Gasteiger partial charge in [0.2, 0.25) is 0 Å². The van der Waals surface area contributed by atoms with Gasteiger partial charge in [-0.1, -0.05) is 26.0 Å². The van der Waals surface area contributed by atoms with Crippen molar-refractivity contribution < 1.29 is 0 Å². The van der Waals surface area contributed by atoms with Gasteiger partial charge in [-0.3, -0.25) is 4.79 Å². The van der Waals surface area contributed by atoms with Crippen LogP contribution in [-0.2, 0) is 0 Å². The van der Waals surface area contributed by atoms with Crippen LogP contribution in [0.3, 0.4) is 0 Å². The minimum absolute atomic E-state index is 0.180. The van der Waals surface area contributed by atoms with E-state index in [-0.39, 0.29) is 5.56 Å². The highest BCUT2D eigenvalue weighted by molar-refractivity contribution is 5.82. The lowest BCUT2D eigenvalue weighted by atomic mass is 10.0. The number of pyridine rings is 1. The second kappa shape index (κ2) is 6.36. The van der Waals surface area contributed by atoms with Crippen molar-refractivity contribution in [3.8, 4) is 0 Å². The zero-order valence-electron chi connectivity index (χ0n) is 14.8. The van der Waals surface area contributed by atoms with Crippen LogP contribution in [-0.4, -0.2) is 29.1 Å². The number of hydrogen-bond donors (Lipinski definition) is 0. The van der Waals surface area contributed by atoms with Crippen LogP contribution >= 0.6 is 0 Å². The van der Waals surface area contributed by atoms with Gasteiger partial charge < -0.3 is 9.47 Å². The van der Waals surface area contributed by atoms with Crippen LogP contribution in [0.2, 0.25) is 0 Å². The third-order valence-corrected chi connectivity index (χ3v) is 5.42. The van der Waals surface area contributed by atoms with Crippen LogP contribution < -0.4 is 5.56 Å². The first-order valence-corrected chi connectivity index (χ1v) is 9.28. The largest absolute Gasteiger partial charge is 0.311 e. The van der Waals surface area contributed by atoms with Gasteiger partial charge in [0.05, 0.1) is 0 Å². The van der Waals surface area contributed by atoms with E-state index >= 15 is 0 Å². The minimum atomic E-state index is 0.180. The smallest absolute Gasteiger partial charge is 0.258 e. The summed E-state index contributed by atoms with van der Waals surface area (Å²) >= 11 is 0. The second-order valence-corrected chi connectivity index (χ2v) is 7.89. The van der Waals surface area contributed by atoms with E-state index in [1.165, 1.54) is 30.7 Å². The maximum absolute atomic E-state index is 13.0. The Labute approximate surface area is 144 Å². The van der Waals surface area contributed by atoms with Crippen LogP contribution in [0.1, 0.15) is 57.1 Å². The van der Waals surface area contributed by atoms with Crippen molar-refractivity contribution in [2.75, 3.05) is 19.6 Å². The zero-order valence-corrected chi connectivity index (χ0v) is 14.8. The van der Waals surface area contributed by atoms with Gasteiger partial charge in [0.1, 0.15) is 0 Å². The van der Waals surface area contributed by atoms with E-state index in [9.17, 15) is 4.79 Å². The molecule has 1 radical (unpaired) electrons. The molecule has 2 aromatic rings. The topological polar surface area (TPSA) is 25.2 Å². The highest BCUT2D eigenvalue weighted by Crippen LogP contribution is 2.40. The van der Waals surface area contributed by atoms with Crippen LogP contribution in [0.25, 0.3) is 10.8 Å². The molecule has 1 aromatic heterocycles. The molecule has 24 heavy (non-hydrogen) atoms. The number of rotatable bonds is 4. The van der Waals surface area contributed by atoms with Crippen LogP contribution in [0.4, 0.5) is 0 Å². The van der Waals surface area contributed by atoms with E-state index in [4.69, 9.17) is 0 Å². The van der Waals surface area contributed by atoms with Gasteiger partial charge in [0.15, 0.2) is 0 Å². The summed E-state index contributed by atoms with van der Waals surface area (Å²) in [5.41, 5.74) is 1.58. The number of benzene rings is 1. The van der Waals surface area contributed by atoms with Gasteiger partial charge >= 0.3 is 0 Å². The Morgan fingerprint density at radius 3 is 2.75 bits per heavy atom. The molecule has 1 saturated heterocycles. The molecule has 127 valence electrons. The Morgan fingerprint density at radius 1 is 1.17 bits per heavy atom. The fraction of sp³-hybridized carbons (Fsp3) is 0.524. The van der Waals surface area contributed by atoms with Crippen molar-refractivity contribution in [3.05, 3.63) is 52.3 Å². The first kappa shape index (κ1) is 15.9. The number of hydrogen-bond acceptors (Lipinski definition) is 2. The van der Waals surface area contributed by atoms with Gasteiger partial charge in [-0.2, -0.15) is 0 Å². The van der Waals surface area contributed by atoms with Crippen molar-refractivity contribution in [1.29, 1.82) is 0 Å². The van der Waals surface area contributed by atoms with Gasteiger partial charge in [-0.15, -0.1) is 0 Å². The molecule has 3 nitrogen and oxygen atoms in total. The molecule has 0 spiro atoms. The fourth-order valence-corrected chi connectivity index (χ4v) is 4.09. The number of fused-ring (bicyclic) bond motifs is 1. The lowest BCUT2D eigenvalue weighted by Crippen LogP contribution is -2.40. The van der Waals surface area contributed by atoms with Crippen LogP contribution in [0, 0.1) is 5.92 Å². The Bertz CT molecular complexity index is 788. The predicted octanol–water partition coefficient (Wildman–Crippen LogP) is 4.13. The van der Waals surface area contributed by atoms with Crippen LogP contribution in [0.5, 0.6) is 0 Å². The first-order chi connectivity index (χ1) is 11.6. The highest BCUT2D eigenvalue weighted by atomic mass is 16.1. The number of piperidine rings is 1. The lowest BCUT2D eigenvalue weighted by molar-refractivity contribution is 0.181. The second-order valence-electron chi connectivity index (χ2n) is 7.89. The average molecular weight is 323 g/mol. The first-order valence-electron chi connectivity index (χ1n) is 9.28. The Kier molecular flexibility index (Phi) is 4.21. The van der Waals surface area contributed by atoms with E-state index in [2.05, 4.69) is 36.9 Å². The summed E-state index contributed by atoms with van der Waals surface area (Å²) in [6.45, 7) is 7.54. The normalized spacial score (nSPS) is 22.4. The summed E-state index contributed by atoms with van der Waals surface area (Å²) in [6, 6.07) is 8.87. The van der Waals surface area contributed by atoms with E-state index in [1.807, 2.05) is 16.8 Å². The molecule has 0 unspecified atom stereocenters. The summed E-state index contributed by atoms with van der Waals surface area (Å²) < 4.78 is 1.98. The molecular formula is C21H27N2O. The van der Waals surface area contributed by atoms with Gasteiger partial charge in [0.25, 0.3) is 5.56 Å². The number of aromatic nitrogens is 1. The molecule has 1 aliphatic carbocycles. The van der Waals surface area contributed by atoms with Crippen molar-refractivity contribution >= 4 is 10.8 Å². The van der Waals surface area contributed by atoms with Crippen molar-refractivity contribution in [1.82, 2.24) is 9.47 Å². The Hall–Kier alpha value is -1.61. The van der Waals surface area contributed by atoms with Gasteiger partial charge in [-0.05, 0) is 67.1 Å². The minimum Gasteiger partial charge on any atom is -0.311 e. The predicted molar refractivity (Wildman–Crippen MR) is 99.5 cm³/mol. The van der Waals surface area contributed by atoms with Crippen molar-refractivity contribution in [2.45, 2.75) is 51.5 Å². The van der Waals surface area contributed by atoms with E-state index in [0.29, 0.717) is 6.04 Å². The molecule has 2 aliphatic rings. The molecule has 4 rings (SSSR count). The summed E-state index contributed by atoms with van der Waals surface area (Å²) in [6.07, 6.45) is 6.90. The molecule has 0 N–H and O–H groups in total. The molecule has 0 amide bonds. The quantitative estimate of drug-likeness (QED) is 0.845. The fourth-order valence-electron chi connectivity index (χ4n) is 4.09. The molecular weight excluding hydrogens is 296 g/mol. The monoisotopic (exact) mass is 323 g/mol. The molecule has 1 aliphatic heterocycles. The molecule has 2 heterocycles. The molecule has 1 saturated carbocycles. The van der Waals surface area contributed by atoms with Crippen molar-refractivity contribution in [3.63, 3.8) is 0 Å². The molecule has 1 aromatic carbocycles. The number of likely N-dealkylation sites (tertiary alicyclic amines) is 1. The van der Waals surface area contributed by atoms with Gasteiger partial charge in [-0.25, -0.2) is 0 Å². The summed E-state index contributed by atoms with van der Waals surface area (Å²) in [5, 5.41) is 1.98. The molecule has 0 bridgehead atoms. The zero-order chi connectivity index (χ0) is 16.7. The summed E-state index contributed by atoms with van der Waals surface area (Å²) in [5.74, 6) is 2.17. The van der Waals surface area contributed by atoms with Gasteiger partial charge in [0, 0.05) is 30.7 Å². The average Bonchev–Trinajstić information content (AvgIpc) is 3.39. The Morgan fingerprint density at radius 2 is 2.00 bits per heavy atom. The van der Waals surface area contributed by atoms with E-state index in [1.54, 1.807) is 0 Å².